The lowest BCUT2D eigenvalue weighted by Crippen LogP contribution is -2.33. The highest BCUT2D eigenvalue weighted by molar-refractivity contribution is 5.83. The van der Waals surface area contributed by atoms with Crippen LogP contribution in [0.3, 0.4) is 0 Å². The first-order chi connectivity index (χ1) is 8.88. The van der Waals surface area contributed by atoms with Crippen LogP contribution in [-0.2, 0) is 4.79 Å². The Labute approximate surface area is 112 Å². The summed E-state index contributed by atoms with van der Waals surface area (Å²) in [5.41, 5.74) is 0. The van der Waals surface area contributed by atoms with E-state index in [4.69, 9.17) is 0 Å². The van der Waals surface area contributed by atoms with Gasteiger partial charge in [-0.25, -0.2) is 0 Å². The molecule has 0 spiro atoms. The zero-order valence-electron chi connectivity index (χ0n) is 11.5. The highest BCUT2D eigenvalue weighted by Gasteiger charge is 2.43. The number of alkyl halides is 3. The van der Waals surface area contributed by atoms with Gasteiger partial charge in [0.2, 0.25) is 0 Å². The van der Waals surface area contributed by atoms with Crippen LogP contribution in [0.2, 0.25) is 0 Å². The standard InChI is InChI=1S/C15H23F3O/c1-10-2-4-11(5-3-10)14(19)12-6-8-13(9-7-12)15(16,17)18/h10-13H,2-9H2,1H3. The van der Waals surface area contributed by atoms with E-state index < -0.39 is 12.1 Å². The third-order valence-electron chi connectivity index (χ3n) is 5.01. The van der Waals surface area contributed by atoms with Gasteiger partial charge in [-0.15, -0.1) is 0 Å². The molecule has 2 saturated carbocycles. The Hall–Kier alpha value is -0.540. The summed E-state index contributed by atoms with van der Waals surface area (Å²) >= 11 is 0. The van der Waals surface area contributed by atoms with Gasteiger partial charge in [0.25, 0.3) is 0 Å². The molecular weight excluding hydrogens is 253 g/mol. The quantitative estimate of drug-likeness (QED) is 0.711. The molecule has 0 saturated heterocycles. The summed E-state index contributed by atoms with van der Waals surface area (Å²) in [5.74, 6) is -0.193. The van der Waals surface area contributed by atoms with Gasteiger partial charge in [-0.05, 0) is 44.4 Å². The topological polar surface area (TPSA) is 17.1 Å². The van der Waals surface area contributed by atoms with Crippen molar-refractivity contribution < 1.29 is 18.0 Å². The Morgan fingerprint density at radius 1 is 0.842 bits per heavy atom. The van der Waals surface area contributed by atoms with Crippen molar-refractivity contribution in [1.82, 2.24) is 0 Å². The van der Waals surface area contributed by atoms with Gasteiger partial charge in [0.1, 0.15) is 5.78 Å². The summed E-state index contributed by atoms with van der Waals surface area (Å²) in [6.45, 7) is 2.20. The summed E-state index contributed by atoms with van der Waals surface area (Å²) in [7, 11) is 0. The molecule has 0 heterocycles. The second kappa shape index (κ2) is 5.84. The largest absolute Gasteiger partial charge is 0.391 e. The zero-order chi connectivity index (χ0) is 14.0. The van der Waals surface area contributed by atoms with E-state index in [-0.39, 0.29) is 30.5 Å². The highest BCUT2D eigenvalue weighted by atomic mass is 19.4. The van der Waals surface area contributed by atoms with Crippen LogP contribution in [-0.4, -0.2) is 12.0 Å². The minimum absolute atomic E-state index is 0.1000. The van der Waals surface area contributed by atoms with Gasteiger partial charge in [0, 0.05) is 11.8 Å². The molecule has 0 aromatic carbocycles. The summed E-state index contributed by atoms with van der Waals surface area (Å²) in [6.07, 6.45) is 1.16. The molecule has 0 aliphatic heterocycles. The van der Waals surface area contributed by atoms with Crippen LogP contribution in [0.5, 0.6) is 0 Å². The van der Waals surface area contributed by atoms with Gasteiger partial charge < -0.3 is 0 Å². The van der Waals surface area contributed by atoms with Crippen molar-refractivity contribution in [3.63, 3.8) is 0 Å². The van der Waals surface area contributed by atoms with Gasteiger partial charge in [0.15, 0.2) is 0 Å². The second-order valence-electron chi connectivity index (χ2n) is 6.45. The first-order valence-corrected chi connectivity index (χ1v) is 7.48. The molecule has 2 aliphatic rings. The van der Waals surface area contributed by atoms with E-state index in [1.165, 1.54) is 0 Å². The average molecular weight is 276 g/mol. The Kier molecular flexibility index (Phi) is 4.57. The van der Waals surface area contributed by atoms with Crippen molar-refractivity contribution in [3.05, 3.63) is 0 Å². The third kappa shape index (κ3) is 3.73. The van der Waals surface area contributed by atoms with Crippen molar-refractivity contribution in [2.75, 3.05) is 0 Å². The smallest absolute Gasteiger partial charge is 0.299 e. The summed E-state index contributed by atoms with van der Waals surface area (Å²) in [5, 5.41) is 0. The predicted octanol–water partition coefficient (Wildman–Crippen LogP) is 4.75. The van der Waals surface area contributed by atoms with E-state index >= 15 is 0 Å². The minimum Gasteiger partial charge on any atom is -0.299 e. The molecule has 2 rings (SSSR count). The maximum Gasteiger partial charge on any atom is 0.391 e. The molecule has 0 bridgehead atoms. The monoisotopic (exact) mass is 276 g/mol. The Morgan fingerprint density at radius 2 is 1.26 bits per heavy atom. The molecule has 0 N–H and O–H groups in total. The van der Waals surface area contributed by atoms with Gasteiger partial charge in [-0.3, -0.25) is 4.79 Å². The number of carbonyl (C=O) groups excluding carboxylic acids is 1. The molecule has 0 aromatic rings. The van der Waals surface area contributed by atoms with Crippen molar-refractivity contribution in [1.29, 1.82) is 0 Å². The van der Waals surface area contributed by atoms with Gasteiger partial charge in [-0.2, -0.15) is 13.2 Å². The average Bonchev–Trinajstić information content (AvgIpc) is 2.38. The van der Waals surface area contributed by atoms with E-state index in [1.807, 2.05) is 0 Å². The number of halogens is 3. The van der Waals surface area contributed by atoms with Gasteiger partial charge >= 0.3 is 6.18 Å². The maximum atomic E-state index is 12.6. The molecule has 19 heavy (non-hydrogen) atoms. The fourth-order valence-corrected chi connectivity index (χ4v) is 3.58. The molecule has 0 amide bonds. The van der Waals surface area contributed by atoms with E-state index in [9.17, 15) is 18.0 Å². The van der Waals surface area contributed by atoms with Gasteiger partial charge in [-0.1, -0.05) is 19.8 Å². The molecule has 2 aliphatic carbocycles. The van der Waals surface area contributed by atoms with Gasteiger partial charge in [0.05, 0.1) is 5.92 Å². The maximum absolute atomic E-state index is 12.6. The van der Waals surface area contributed by atoms with Crippen LogP contribution in [0.4, 0.5) is 13.2 Å². The van der Waals surface area contributed by atoms with Crippen molar-refractivity contribution in [2.45, 2.75) is 64.5 Å². The highest BCUT2D eigenvalue weighted by Crippen LogP contribution is 2.41. The van der Waals surface area contributed by atoms with Crippen LogP contribution in [0.25, 0.3) is 0 Å². The molecule has 0 unspecified atom stereocenters. The molecular formula is C15H23F3O. The second-order valence-corrected chi connectivity index (χ2v) is 6.45. The molecule has 4 heteroatoms. The molecule has 110 valence electrons. The summed E-state index contributed by atoms with van der Waals surface area (Å²) in [6, 6.07) is 0. The first-order valence-electron chi connectivity index (χ1n) is 7.48. The number of Topliss-reactive ketones (excluding diaryl/α,β-unsaturated/α-hetero) is 1. The lowest BCUT2D eigenvalue weighted by molar-refractivity contribution is -0.184. The number of hydrogen-bond acceptors (Lipinski definition) is 1. The van der Waals surface area contributed by atoms with Crippen molar-refractivity contribution in [2.24, 2.45) is 23.7 Å². The van der Waals surface area contributed by atoms with Crippen molar-refractivity contribution in [3.8, 4) is 0 Å². The fraction of sp³-hybridized carbons (Fsp3) is 0.933. The van der Waals surface area contributed by atoms with Crippen LogP contribution in [0, 0.1) is 23.7 Å². The normalized spacial score (nSPS) is 37.1. The van der Waals surface area contributed by atoms with Crippen molar-refractivity contribution >= 4 is 5.78 Å². The zero-order valence-corrected chi connectivity index (χ0v) is 11.5. The predicted molar refractivity (Wildman–Crippen MR) is 67.6 cm³/mol. The number of hydrogen-bond donors (Lipinski definition) is 0. The minimum atomic E-state index is -4.08. The lowest BCUT2D eigenvalue weighted by atomic mass is 9.72. The third-order valence-corrected chi connectivity index (χ3v) is 5.01. The van der Waals surface area contributed by atoms with Crippen LogP contribution in [0.15, 0.2) is 0 Å². The van der Waals surface area contributed by atoms with E-state index in [1.54, 1.807) is 0 Å². The fourth-order valence-electron chi connectivity index (χ4n) is 3.58. The van der Waals surface area contributed by atoms with E-state index in [0.29, 0.717) is 18.8 Å². The lowest BCUT2D eigenvalue weighted by Gasteiger charge is -2.33. The summed E-state index contributed by atoms with van der Waals surface area (Å²) < 4.78 is 37.7. The molecule has 0 atom stereocenters. The summed E-state index contributed by atoms with van der Waals surface area (Å²) in [4.78, 5) is 12.3. The number of carbonyl (C=O) groups is 1. The Morgan fingerprint density at radius 3 is 1.68 bits per heavy atom. The van der Waals surface area contributed by atoms with Crippen LogP contribution >= 0.6 is 0 Å². The van der Waals surface area contributed by atoms with E-state index in [2.05, 4.69) is 6.92 Å². The molecule has 1 nitrogen and oxygen atoms in total. The number of ketones is 1. The van der Waals surface area contributed by atoms with Crippen LogP contribution < -0.4 is 0 Å². The molecule has 0 radical (unpaired) electrons. The number of rotatable bonds is 2. The molecule has 0 aromatic heterocycles. The Bertz CT molecular complexity index is 308. The molecule has 2 fully saturated rings. The SMILES string of the molecule is CC1CCC(C(=O)C2CCC(C(F)(F)F)CC2)CC1. The first kappa shape index (κ1) is 14.9. The van der Waals surface area contributed by atoms with E-state index in [0.717, 1.165) is 25.7 Å². The van der Waals surface area contributed by atoms with Crippen LogP contribution in [0.1, 0.15) is 58.3 Å². The Balaban J connectivity index is 1.82.